The summed E-state index contributed by atoms with van der Waals surface area (Å²) in [6, 6.07) is 13.7. The van der Waals surface area contributed by atoms with Crippen molar-refractivity contribution in [2.45, 2.75) is 13.8 Å². The monoisotopic (exact) mass is 265 g/mol. The van der Waals surface area contributed by atoms with Gasteiger partial charge in [-0.25, -0.2) is 4.98 Å². The van der Waals surface area contributed by atoms with Gasteiger partial charge in [0.15, 0.2) is 0 Å². The van der Waals surface area contributed by atoms with Crippen LogP contribution >= 0.6 is 0 Å². The Labute approximate surface area is 117 Å². The van der Waals surface area contributed by atoms with Crippen LogP contribution in [0.3, 0.4) is 0 Å². The molecular weight excluding hydrogens is 250 g/mol. The van der Waals surface area contributed by atoms with E-state index >= 15 is 0 Å². The van der Waals surface area contributed by atoms with E-state index in [1.54, 1.807) is 0 Å². The number of carbonyl (C=O) groups is 1. The lowest BCUT2D eigenvalue weighted by Crippen LogP contribution is -2.05. The van der Waals surface area contributed by atoms with Gasteiger partial charge in [0.05, 0.1) is 5.69 Å². The number of anilines is 1. The second kappa shape index (κ2) is 4.81. The van der Waals surface area contributed by atoms with E-state index < -0.39 is 0 Å². The largest absolute Gasteiger partial charge is 0.326 e. The molecule has 1 N–H and O–H groups in total. The summed E-state index contributed by atoms with van der Waals surface area (Å²) in [5, 5.41) is 2.75. The number of hydrogen-bond acceptors (Lipinski definition) is 2. The minimum atomic E-state index is -0.0684. The van der Waals surface area contributed by atoms with Crippen molar-refractivity contribution in [3.05, 3.63) is 54.4 Å². The van der Waals surface area contributed by atoms with Gasteiger partial charge in [-0.05, 0) is 31.2 Å². The number of pyridine rings is 1. The number of aryl methyl sites for hydroxylation is 1. The zero-order valence-corrected chi connectivity index (χ0v) is 11.4. The quantitative estimate of drug-likeness (QED) is 0.773. The van der Waals surface area contributed by atoms with Crippen molar-refractivity contribution in [2.24, 2.45) is 0 Å². The first-order valence-corrected chi connectivity index (χ1v) is 6.46. The van der Waals surface area contributed by atoms with Crippen molar-refractivity contribution in [1.29, 1.82) is 0 Å². The molecule has 0 bridgehead atoms. The average Bonchev–Trinajstić information content (AvgIpc) is 2.84. The molecule has 3 rings (SSSR count). The molecule has 2 aromatic heterocycles. The van der Waals surface area contributed by atoms with Gasteiger partial charge in [0.2, 0.25) is 5.91 Å². The van der Waals surface area contributed by atoms with E-state index in [1.807, 2.05) is 42.6 Å². The average molecular weight is 265 g/mol. The van der Waals surface area contributed by atoms with Gasteiger partial charge in [-0.3, -0.25) is 4.79 Å². The van der Waals surface area contributed by atoms with Crippen LogP contribution in [0.25, 0.3) is 16.9 Å². The molecule has 0 unspecified atom stereocenters. The van der Waals surface area contributed by atoms with E-state index in [9.17, 15) is 4.79 Å². The number of amides is 1. The molecule has 3 aromatic rings. The molecule has 1 amide bonds. The van der Waals surface area contributed by atoms with Gasteiger partial charge in [0.1, 0.15) is 5.65 Å². The van der Waals surface area contributed by atoms with Gasteiger partial charge in [-0.1, -0.05) is 18.2 Å². The molecular formula is C16H15N3O. The lowest BCUT2D eigenvalue weighted by molar-refractivity contribution is -0.114. The first kappa shape index (κ1) is 12.4. The molecule has 0 saturated carbocycles. The molecule has 0 aliphatic heterocycles. The molecule has 0 aliphatic carbocycles. The fraction of sp³-hybridized carbons (Fsp3) is 0.125. The van der Waals surface area contributed by atoms with Gasteiger partial charge in [0, 0.05) is 30.1 Å². The second-order valence-electron chi connectivity index (χ2n) is 4.78. The summed E-state index contributed by atoms with van der Waals surface area (Å²) in [6.45, 7) is 3.55. The molecule has 1 aromatic carbocycles. The number of aromatic nitrogens is 2. The van der Waals surface area contributed by atoms with E-state index in [0.717, 1.165) is 28.3 Å². The highest BCUT2D eigenvalue weighted by Crippen LogP contribution is 2.22. The van der Waals surface area contributed by atoms with Crippen LogP contribution in [0.1, 0.15) is 12.6 Å². The zero-order chi connectivity index (χ0) is 14.1. The highest BCUT2D eigenvalue weighted by Gasteiger charge is 2.05. The van der Waals surface area contributed by atoms with Crippen molar-refractivity contribution < 1.29 is 4.79 Å². The fourth-order valence-corrected chi connectivity index (χ4v) is 2.22. The number of fused-ring (bicyclic) bond motifs is 1. The smallest absolute Gasteiger partial charge is 0.221 e. The van der Waals surface area contributed by atoms with Crippen LogP contribution in [0.15, 0.2) is 48.7 Å². The topological polar surface area (TPSA) is 46.4 Å². The Morgan fingerprint density at radius 3 is 2.55 bits per heavy atom. The van der Waals surface area contributed by atoms with Crippen LogP contribution in [0, 0.1) is 6.92 Å². The van der Waals surface area contributed by atoms with Gasteiger partial charge in [-0.2, -0.15) is 0 Å². The third-order valence-corrected chi connectivity index (χ3v) is 3.20. The number of nitrogens with one attached hydrogen (secondary N) is 1. The summed E-state index contributed by atoms with van der Waals surface area (Å²) >= 11 is 0. The predicted octanol–water partition coefficient (Wildman–Crippen LogP) is 3.27. The summed E-state index contributed by atoms with van der Waals surface area (Å²) in [7, 11) is 0. The maximum Gasteiger partial charge on any atom is 0.221 e. The standard InChI is InChI=1S/C16H15N3O/c1-11-4-3-5-16-18-15(10-19(11)16)13-6-8-14(9-7-13)17-12(2)20/h3-10H,1-2H3,(H,17,20). The van der Waals surface area contributed by atoms with Crippen molar-refractivity contribution >= 4 is 17.2 Å². The SMILES string of the molecule is CC(=O)Nc1ccc(-c2cn3c(C)cccc3n2)cc1. The maximum atomic E-state index is 11.0. The van der Waals surface area contributed by atoms with Crippen molar-refractivity contribution in [3.8, 4) is 11.3 Å². The number of nitrogens with zero attached hydrogens (tertiary/aromatic N) is 2. The van der Waals surface area contributed by atoms with Crippen LogP contribution in [0.5, 0.6) is 0 Å². The molecule has 0 radical (unpaired) electrons. The third kappa shape index (κ3) is 2.28. The first-order chi connectivity index (χ1) is 9.63. The van der Waals surface area contributed by atoms with E-state index in [1.165, 1.54) is 6.92 Å². The third-order valence-electron chi connectivity index (χ3n) is 3.20. The predicted molar refractivity (Wildman–Crippen MR) is 79.7 cm³/mol. The van der Waals surface area contributed by atoms with Crippen molar-refractivity contribution in [2.75, 3.05) is 5.32 Å². The van der Waals surface area contributed by atoms with Gasteiger partial charge < -0.3 is 9.72 Å². The van der Waals surface area contributed by atoms with Crippen molar-refractivity contribution in [3.63, 3.8) is 0 Å². The molecule has 2 heterocycles. The zero-order valence-electron chi connectivity index (χ0n) is 11.4. The number of rotatable bonds is 2. The molecule has 0 aliphatic rings. The van der Waals surface area contributed by atoms with Gasteiger partial charge in [0.25, 0.3) is 0 Å². The summed E-state index contributed by atoms with van der Waals surface area (Å²) in [5.41, 5.74) is 4.83. The van der Waals surface area contributed by atoms with E-state index in [2.05, 4.69) is 27.7 Å². The summed E-state index contributed by atoms with van der Waals surface area (Å²) in [6.07, 6.45) is 2.03. The summed E-state index contributed by atoms with van der Waals surface area (Å²) in [4.78, 5) is 15.6. The molecule has 4 nitrogen and oxygen atoms in total. The number of benzene rings is 1. The van der Waals surface area contributed by atoms with E-state index in [-0.39, 0.29) is 5.91 Å². The fourth-order valence-electron chi connectivity index (χ4n) is 2.22. The lowest BCUT2D eigenvalue weighted by atomic mass is 10.1. The molecule has 100 valence electrons. The number of carbonyl (C=O) groups excluding carboxylic acids is 1. The van der Waals surface area contributed by atoms with Gasteiger partial charge in [-0.15, -0.1) is 0 Å². The second-order valence-corrected chi connectivity index (χ2v) is 4.78. The Hall–Kier alpha value is -2.62. The van der Waals surface area contributed by atoms with Crippen LogP contribution in [0.2, 0.25) is 0 Å². The minimum absolute atomic E-state index is 0.0684. The number of imidazole rings is 1. The normalized spacial score (nSPS) is 10.7. The van der Waals surface area contributed by atoms with Crippen LogP contribution < -0.4 is 5.32 Å². The van der Waals surface area contributed by atoms with Crippen LogP contribution in [0.4, 0.5) is 5.69 Å². The summed E-state index contributed by atoms with van der Waals surface area (Å²) < 4.78 is 2.07. The molecule has 0 saturated heterocycles. The Kier molecular flexibility index (Phi) is 2.99. The molecule has 0 fully saturated rings. The number of hydrogen-bond donors (Lipinski definition) is 1. The lowest BCUT2D eigenvalue weighted by Gasteiger charge is -2.02. The van der Waals surface area contributed by atoms with Crippen LogP contribution in [-0.2, 0) is 4.79 Å². The van der Waals surface area contributed by atoms with E-state index in [4.69, 9.17) is 0 Å². The molecule has 20 heavy (non-hydrogen) atoms. The Balaban J connectivity index is 1.98. The Bertz CT molecular complexity index is 772. The molecule has 0 spiro atoms. The van der Waals surface area contributed by atoms with Crippen LogP contribution in [-0.4, -0.2) is 15.3 Å². The first-order valence-electron chi connectivity index (χ1n) is 6.46. The Morgan fingerprint density at radius 1 is 1.15 bits per heavy atom. The van der Waals surface area contributed by atoms with E-state index in [0.29, 0.717) is 0 Å². The maximum absolute atomic E-state index is 11.0. The molecule has 4 heteroatoms. The summed E-state index contributed by atoms with van der Waals surface area (Å²) in [5.74, 6) is -0.0684. The Morgan fingerprint density at radius 2 is 1.90 bits per heavy atom. The highest BCUT2D eigenvalue weighted by molar-refractivity contribution is 5.88. The van der Waals surface area contributed by atoms with Crippen molar-refractivity contribution in [1.82, 2.24) is 9.38 Å². The minimum Gasteiger partial charge on any atom is -0.326 e. The highest BCUT2D eigenvalue weighted by atomic mass is 16.1. The van der Waals surface area contributed by atoms with Gasteiger partial charge >= 0.3 is 0 Å². The molecule has 0 atom stereocenters.